The SMILES string of the molecule is CCOC(=O)C(COC(=O)Cc1ccc(NC(=O)c2ccccc2-c2ccc(C(F)(F)F)cc2)cc1)(C(=O)OCC)c1cccnc1. The van der Waals surface area contributed by atoms with Gasteiger partial charge >= 0.3 is 24.1 Å². The highest BCUT2D eigenvalue weighted by Gasteiger charge is 2.52. The Morgan fingerprint density at radius 3 is 1.96 bits per heavy atom. The van der Waals surface area contributed by atoms with E-state index in [0.29, 0.717) is 22.4 Å². The van der Waals surface area contributed by atoms with Crippen molar-refractivity contribution >= 4 is 29.5 Å². The van der Waals surface area contributed by atoms with Gasteiger partial charge in [0.15, 0.2) is 0 Å². The number of amides is 1. The molecule has 47 heavy (non-hydrogen) atoms. The smallest absolute Gasteiger partial charge is 0.416 e. The molecule has 0 spiro atoms. The zero-order valence-corrected chi connectivity index (χ0v) is 25.5. The number of hydrogen-bond acceptors (Lipinski definition) is 8. The van der Waals surface area contributed by atoms with Gasteiger partial charge in [0.05, 0.1) is 25.2 Å². The van der Waals surface area contributed by atoms with E-state index in [2.05, 4.69) is 10.3 Å². The molecule has 0 saturated heterocycles. The highest BCUT2D eigenvalue weighted by atomic mass is 19.4. The molecule has 4 rings (SSSR count). The molecule has 0 unspecified atom stereocenters. The van der Waals surface area contributed by atoms with Crippen LogP contribution < -0.4 is 5.32 Å². The fraction of sp³-hybridized carbons (Fsp3) is 0.229. The summed E-state index contributed by atoms with van der Waals surface area (Å²) in [5.41, 5.74) is -0.683. The van der Waals surface area contributed by atoms with E-state index >= 15 is 0 Å². The van der Waals surface area contributed by atoms with Gasteiger partial charge in [0.1, 0.15) is 6.61 Å². The average Bonchev–Trinajstić information content (AvgIpc) is 3.06. The van der Waals surface area contributed by atoms with E-state index < -0.39 is 47.6 Å². The molecule has 0 aliphatic carbocycles. The predicted molar refractivity (Wildman–Crippen MR) is 165 cm³/mol. The maximum atomic E-state index is 13.2. The summed E-state index contributed by atoms with van der Waals surface area (Å²) in [6, 6.07) is 20.4. The van der Waals surface area contributed by atoms with E-state index in [4.69, 9.17) is 14.2 Å². The summed E-state index contributed by atoms with van der Waals surface area (Å²) < 4.78 is 54.8. The fourth-order valence-corrected chi connectivity index (χ4v) is 4.73. The van der Waals surface area contributed by atoms with Crippen molar-refractivity contribution in [1.82, 2.24) is 4.98 Å². The standard InChI is InChI=1S/C35H31F3N2O7/c1-3-45-32(43)34(33(44)46-4-2,26-8-7-19-39-21-26)22-47-30(41)20-23-11-17-27(18-12-23)40-31(42)29-10-6-5-9-28(29)24-13-15-25(16-14-24)35(36,37)38/h5-19,21H,3-4,20,22H2,1-2H3,(H,40,42). The number of ether oxygens (including phenoxy) is 3. The molecule has 1 aromatic heterocycles. The summed E-state index contributed by atoms with van der Waals surface area (Å²) in [4.78, 5) is 56.2. The molecule has 0 atom stereocenters. The lowest BCUT2D eigenvalue weighted by Gasteiger charge is -2.28. The quantitative estimate of drug-likeness (QED) is 0.110. The highest BCUT2D eigenvalue weighted by molar-refractivity contribution is 6.09. The lowest BCUT2D eigenvalue weighted by molar-refractivity contribution is -0.170. The highest BCUT2D eigenvalue weighted by Crippen LogP contribution is 2.32. The summed E-state index contributed by atoms with van der Waals surface area (Å²) in [5.74, 6) is -3.12. The number of rotatable bonds is 12. The second-order valence-electron chi connectivity index (χ2n) is 10.2. The van der Waals surface area contributed by atoms with Crippen LogP contribution in [0.1, 0.15) is 40.9 Å². The zero-order chi connectivity index (χ0) is 34.0. The lowest BCUT2D eigenvalue weighted by Crippen LogP contribution is -2.50. The number of nitrogens with one attached hydrogen (secondary N) is 1. The molecule has 1 amide bonds. The van der Waals surface area contributed by atoms with Crippen LogP contribution >= 0.6 is 0 Å². The Hall–Kier alpha value is -5.52. The monoisotopic (exact) mass is 648 g/mol. The number of aromatic nitrogens is 1. The van der Waals surface area contributed by atoms with Crippen LogP contribution in [0, 0.1) is 0 Å². The normalized spacial score (nSPS) is 11.3. The molecule has 0 aliphatic heterocycles. The third kappa shape index (κ3) is 8.20. The molecule has 9 nitrogen and oxygen atoms in total. The molecule has 4 aromatic rings. The Bertz CT molecular complexity index is 1690. The first kappa shape index (κ1) is 34.4. The number of pyridine rings is 1. The Morgan fingerprint density at radius 1 is 0.745 bits per heavy atom. The second kappa shape index (κ2) is 15.2. The van der Waals surface area contributed by atoms with E-state index in [0.717, 1.165) is 12.1 Å². The third-order valence-electron chi connectivity index (χ3n) is 7.11. The zero-order valence-electron chi connectivity index (χ0n) is 25.5. The summed E-state index contributed by atoms with van der Waals surface area (Å²) in [6.07, 6.45) is -1.94. The number of halogens is 3. The van der Waals surface area contributed by atoms with Crippen LogP contribution in [0.2, 0.25) is 0 Å². The summed E-state index contributed by atoms with van der Waals surface area (Å²) >= 11 is 0. The summed E-state index contributed by atoms with van der Waals surface area (Å²) in [5, 5.41) is 2.75. The molecular formula is C35H31F3N2O7. The molecule has 1 heterocycles. The van der Waals surface area contributed by atoms with E-state index in [1.165, 1.54) is 36.7 Å². The Morgan fingerprint density at radius 2 is 1.38 bits per heavy atom. The van der Waals surface area contributed by atoms with Gasteiger partial charge < -0.3 is 19.5 Å². The Balaban J connectivity index is 1.45. The van der Waals surface area contributed by atoms with Gasteiger partial charge in [-0.3, -0.25) is 24.2 Å². The van der Waals surface area contributed by atoms with E-state index in [1.54, 1.807) is 62.4 Å². The molecule has 0 fully saturated rings. The Kier molecular flexibility index (Phi) is 11.1. The van der Waals surface area contributed by atoms with E-state index in [9.17, 15) is 32.3 Å². The third-order valence-corrected chi connectivity index (χ3v) is 7.11. The van der Waals surface area contributed by atoms with Crippen molar-refractivity contribution in [3.63, 3.8) is 0 Å². The predicted octanol–water partition coefficient (Wildman–Crippen LogP) is 6.17. The van der Waals surface area contributed by atoms with Crippen LogP contribution in [0.15, 0.2) is 97.3 Å². The van der Waals surface area contributed by atoms with Crippen molar-refractivity contribution < 1.29 is 46.6 Å². The van der Waals surface area contributed by atoms with Crippen LogP contribution in [0.5, 0.6) is 0 Å². The number of esters is 3. The van der Waals surface area contributed by atoms with Gasteiger partial charge in [-0.1, -0.05) is 48.5 Å². The van der Waals surface area contributed by atoms with Crippen molar-refractivity contribution in [3.05, 3.63) is 120 Å². The molecule has 0 radical (unpaired) electrons. The van der Waals surface area contributed by atoms with Gasteiger partial charge in [-0.25, -0.2) is 0 Å². The number of anilines is 1. The molecule has 0 saturated carbocycles. The molecule has 1 N–H and O–H groups in total. The van der Waals surface area contributed by atoms with Crippen molar-refractivity contribution in [2.75, 3.05) is 25.1 Å². The second-order valence-corrected chi connectivity index (χ2v) is 10.2. The van der Waals surface area contributed by atoms with Crippen molar-refractivity contribution in [2.24, 2.45) is 0 Å². The van der Waals surface area contributed by atoms with E-state index in [-0.39, 0.29) is 30.8 Å². The maximum Gasteiger partial charge on any atom is 0.416 e. The van der Waals surface area contributed by atoms with Gasteiger partial charge in [-0.2, -0.15) is 13.2 Å². The number of benzene rings is 3. The molecule has 0 bridgehead atoms. The van der Waals surface area contributed by atoms with Crippen LogP contribution in [0.4, 0.5) is 18.9 Å². The minimum atomic E-state index is -4.48. The van der Waals surface area contributed by atoms with Crippen molar-refractivity contribution in [2.45, 2.75) is 31.9 Å². The van der Waals surface area contributed by atoms with Gasteiger partial charge in [0.25, 0.3) is 5.91 Å². The molecule has 0 aliphatic rings. The molecule has 3 aromatic carbocycles. The van der Waals surface area contributed by atoms with Crippen LogP contribution in [0.3, 0.4) is 0 Å². The molecule has 244 valence electrons. The minimum absolute atomic E-state index is 0.0300. The first-order valence-corrected chi connectivity index (χ1v) is 14.6. The van der Waals surface area contributed by atoms with Gasteiger partial charge in [0, 0.05) is 29.2 Å². The van der Waals surface area contributed by atoms with Crippen LogP contribution in [-0.4, -0.2) is 48.6 Å². The first-order chi connectivity index (χ1) is 22.5. The number of nitrogens with zero attached hydrogens (tertiary/aromatic N) is 1. The van der Waals surface area contributed by atoms with Crippen molar-refractivity contribution in [1.29, 1.82) is 0 Å². The van der Waals surface area contributed by atoms with Crippen molar-refractivity contribution in [3.8, 4) is 11.1 Å². The van der Waals surface area contributed by atoms with Crippen LogP contribution in [-0.2, 0) is 46.6 Å². The first-order valence-electron chi connectivity index (χ1n) is 14.6. The largest absolute Gasteiger partial charge is 0.465 e. The number of carbonyl (C=O) groups excluding carboxylic acids is 4. The molecule has 12 heteroatoms. The Labute approximate surface area is 268 Å². The minimum Gasteiger partial charge on any atom is -0.465 e. The van der Waals surface area contributed by atoms with Crippen LogP contribution in [0.25, 0.3) is 11.1 Å². The topological polar surface area (TPSA) is 121 Å². The summed E-state index contributed by atoms with van der Waals surface area (Å²) in [6.45, 7) is 2.41. The average molecular weight is 649 g/mol. The summed E-state index contributed by atoms with van der Waals surface area (Å²) in [7, 11) is 0. The maximum absolute atomic E-state index is 13.2. The fourth-order valence-electron chi connectivity index (χ4n) is 4.73. The number of carbonyl (C=O) groups is 4. The van der Waals surface area contributed by atoms with Gasteiger partial charge in [-0.15, -0.1) is 0 Å². The number of alkyl halides is 3. The van der Waals surface area contributed by atoms with E-state index in [1.807, 2.05) is 0 Å². The number of hydrogen-bond donors (Lipinski definition) is 1. The lowest BCUT2D eigenvalue weighted by atomic mass is 9.82. The van der Waals surface area contributed by atoms with Gasteiger partial charge in [-0.05, 0) is 66.9 Å². The molecular weight excluding hydrogens is 617 g/mol. The van der Waals surface area contributed by atoms with Gasteiger partial charge in [0.2, 0.25) is 5.41 Å².